The lowest BCUT2D eigenvalue weighted by molar-refractivity contribution is 0.103. The summed E-state index contributed by atoms with van der Waals surface area (Å²) in [7, 11) is 0. The molecule has 0 bridgehead atoms. The van der Waals surface area contributed by atoms with Crippen LogP contribution < -0.4 is 0 Å². The summed E-state index contributed by atoms with van der Waals surface area (Å²) < 4.78 is 0. The number of rotatable bonds is 4. The average molecular weight is 252 g/mol. The van der Waals surface area contributed by atoms with Gasteiger partial charge >= 0.3 is 0 Å². The molecule has 0 fully saturated rings. The fraction of sp³-hybridized carbons (Fsp3) is 0.278. The van der Waals surface area contributed by atoms with E-state index in [4.69, 9.17) is 0 Å². The molecule has 0 heterocycles. The Balaban J connectivity index is 2.38. The molecule has 98 valence electrons. The van der Waals surface area contributed by atoms with E-state index in [1.54, 1.807) is 0 Å². The highest BCUT2D eigenvalue weighted by Gasteiger charge is 2.12. The third kappa shape index (κ3) is 2.93. The summed E-state index contributed by atoms with van der Waals surface area (Å²) in [6, 6.07) is 13.9. The van der Waals surface area contributed by atoms with Gasteiger partial charge in [0.2, 0.25) is 0 Å². The molecule has 0 atom stereocenters. The fourth-order valence-corrected chi connectivity index (χ4v) is 2.31. The standard InChI is InChI=1S/C18H20O/c1-4-7-15-9-6-10-16(12-15)18(19)17-11-5-8-13(2)14(17)3/h5-6,8-12H,4,7H2,1-3H3. The van der Waals surface area contributed by atoms with E-state index in [-0.39, 0.29) is 5.78 Å². The predicted octanol–water partition coefficient (Wildman–Crippen LogP) is 4.49. The van der Waals surface area contributed by atoms with E-state index in [1.165, 1.54) is 5.56 Å². The van der Waals surface area contributed by atoms with E-state index < -0.39 is 0 Å². The Bertz CT molecular complexity index is 596. The Hall–Kier alpha value is -1.89. The van der Waals surface area contributed by atoms with Crippen molar-refractivity contribution in [1.82, 2.24) is 0 Å². The molecule has 0 amide bonds. The maximum atomic E-state index is 12.6. The molecular weight excluding hydrogens is 232 g/mol. The lowest BCUT2D eigenvalue weighted by atomic mass is 9.95. The van der Waals surface area contributed by atoms with Gasteiger partial charge in [-0.05, 0) is 43.0 Å². The number of hydrogen-bond acceptors (Lipinski definition) is 1. The van der Waals surface area contributed by atoms with Gasteiger partial charge in [-0.1, -0.05) is 49.7 Å². The maximum Gasteiger partial charge on any atom is 0.193 e. The molecule has 1 heteroatoms. The molecule has 0 aliphatic rings. The zero-order valence-corrected chi connectivity index (χ0v) is 11.9. The van der Waals surface area contributed by atoms with E-state index >= 15 is 0 Å². The van der Waals surface area contributed by atoms with E-state index in [0.717, 1.165) is 35.1 Å². The van der Waals surface area contributed by atoms with Crippen LogP contribution >= 0.6 is 0 Å². The first-order chi connectivity index (χ1) is 9.13. The van der Waals surface area contributed by atoms with Gasteiger partial charge in [-0.3, -0.25) is 4.79 Å². The third-order valence-corrected chi connectivity index (χ3v) is 3.58. The highest BCUT2D eigenvalue weighted by atomic mass is 16.1. The van der Waals surface area contributed by atoms with Crippen molar-refractivity contribution >= 4 is 5.78 Å². The highest BCUT2D eigenvalue weighted by molar-refractivity contribution is 6.10. The Morgan fingerprint density at radius 1 is 1.05 bits per heavy atom. The van der Waals surface area contributed by atoms with Crippen LogP contribution in [0.25, 0.3) is 0 Å². The van der Waals surface area contributed by atoms with Gasteiger partial charge in [0.25, 0.3) is 0 Å². The predicted molar refractivity (Wildman–Crippen MR) is 79.8 cm³/mol. The van der Waals surface area contributed by atoms with E-state index in [0.29, 0.717) is 0 Å². The minimum absolute atomic E-state index is 0.124. The third-order valence-electron chi connectivity index (χ3n) is 3.58. The number of carbonyl (C=O) groups excluding carboxylic acids is 1. The minimum Gasteiger partial charge on any atom is -0.289 e. The maximum absolute atomic E-state index is 12.6. The second kappa shape index (κ2) is 5.83. The Morgan fingerprint density at radius 2 is 1.79 bits per heavy atom. The lowest BCUT2D eigenvalue weighted by Gasteiger charge is -2.08. The van der Waals surface area contributed by atoms with Crippen LogP contribution in [0, 0.1) is 13.8 Å². The summed E-state index contributed by atoms with van der Waals surface area (Å²) in [4.78, 5) is 12.6. The molecule has 0 radical (unpaired) electrons. The summed E-state index contributed by atoms with van der Waals surface area (Å²) in [5, 5.41) is 0. The van der Waals surface area contributed by atoms with Crippen LogP contribution in [-0.4, -0.2) is 5.78 Å². The van der Waals surface area contributed by atoms with Gasteiger partial charge in [-0.25, -0.2) is 0 Å². The van der Waals surface area contributed by atoms with Crippen molar-refractivity contribution in [2.45, 2.75) is 33.6 Å². The van der Waals surface area contributed by atoms with Crippen LogP contribution in [0.2, 0.25) is 0 Å². The van der Waals surface area contributed by atoms with Gasteiger partial charge in [0.05, 0.1) is 0 Å². The molecule has 0 saturated carbocycles. The first-order valence-electron chi connectivity index (χ1n) is 6.83. The number of aryl methyl sites for hydroxylation is 2. The summed E-state index contributed by atoms with van der Waals surface area (Å²) in [6.07, 6.45) is 2.12. The highest BCUT2D eigenvalue weighted by Crippen LogP contribution is 2.18. The molecule has 0 unspecified atom stereocenters. The molecule has 0 spiro atoms. The largest absolute Gasteiger partial charge is 0.289 e. The molecule has 2 aromatic rings. The van der Waals surface area contributed by atoms with Crippen molar-refractivity contribution in [3.63, 3.8) is 0 Å². The molecular formula is C18H20O. The lowest BCUT2D eigenvalue weighted by Crippen LogP contribution is -2.05. The van der Waals surface area contributed by atoms with Crippen LogP contribution in [0.1, 0.15) is 46.0 Å². The van der Waals surface area contributed by atoms with E-state index in [2.05, 4.69) is 13.0 Å². The smallest absolute Gasteiger partial charge is 0.193 e. The quantitative estimate of drug-likeness (QED) is 0.733. The zero-order chi connectivity index (χ0) is 13.8. The average Bonchev–Trinajstić information content (AvgIpc) is 2.42. The minimum atomic E-state index is 0.124. The van der Waals surface area contributed by atoms with E-state index in [1.807, 2.05) is 50.2 Å². The fourth-order valence-electron chi connectivity index (χ4n) is 2.31. The molecule has 2 aromatic carbocycles. The molecule has 0 aliphatic carbocycles. The van der Waals surface area contributed by atoms with Crippen LogP contribution in [-0.2, 0) is 6.42 Å². The van der Waals surface area contributed by atoms with Gasteiger partial charge in [0, 0.05) is 11.1 Å². The van der Waals surface area contributed by atoms with Gasteiger partial charge in [0.1, 0.15) is 0 Å². The SMILES string of the molecule is CCCc1cccc(C(=O)c2cccc(C)c2C)c1. The summed E-state index contributed by atoms with van der Waals surface area (Å²) in [6.45, 7) is 6.21. The monoisotopic (exact) mass is 252 g/mol. The van der Waals surface area contributed by atoms with Gasteiger partial charge in [-0.15, -0.1) is 0 Å². The first kappa shape index (κ1) is 13.5. The Kier molecular flexibility index (Phi) is 4.16. The van der Waals surface area contributed by atoms with Crippen LogP contribution in [0.3, 0.4) is 0 Å². The molecule has 0 aliphatic heterocycles. The van der Waals surface area contributed by atoms with Crippen LogP contribution in [0.5, 0.6) is 0 Å². The molecule has 1 nitrogen and oxygen atoms in total. The number of carbonyl (C=O) groups is 1. The number of benzene rings is 2. The molecule has 2 rings (SSSR count). The van der Waals surface area contributed by atoms with Gasteiger partial charge < -0.3 is 0 Å². The van der Waals surface area contributed by atoms with Gasteiger partial charge in [-0.2, -0.15) is 0 Å². The normalized spacial score (nSPS) is 10.5. The second-order valence-electron chi connectivity index (χ2n) is 5.03. The summed E-state index contributed by atoms with van der Waals surface area (Å²) in [5.74, 6) is 0.124. The van der Waals surface area contributed by atoms with E-state index in [9.17, 15) is 4.79 Å². The molecule has 0 aromatic heterocycles. The van der Waals surface area contributed by atoms with Crippen molar-refractivity contribution in [3.05, 3.63) is 70.3 Å². The van der Waals surface area contributed by atoms with Crippen molar-refractivity contribution < 1.29 is 4.79 Å². The summed E-state index contributed by atoms with van der Waals surface area (Å²) in [5.41, 5.74) is 5.08. The second-order valence-corrected chi connectivity index (χ2v) is 5.03. The van der Waals surface area contributed by atoms with Crippen LogP contribution in [0.4, 0.5) is 0 Å². The Morgan fingerprint density at radius 3 is 2.53 bits per heavy atom. The number of hydrogen-bond donors (Lipinski definition) is 0. The van der Waals surface area contributed by atoms with Crippen molar-refractivity contribution in [2.75, 3.05) is 0 Å². The molecule has 19 heavy (non-hydrogen) atoms. The summed E-state index contributed by atoms with van der Waals surface area (Å²) >= 11 is 0. The van der Waals surface area contributed by atoms with Crippen molar-refractivity contribution in [3.8, 4) is 0 Å². The first-order valence-corrected chi connectivity index (χ1v) is 6.83. The van der Waals surface area contributed by atoms with Crippen LogP contribution in [0.15, 0.2) is 42.5 Å². The molecule has 0 N–H and O–H groups in total. The topological polar surface area (TPSA) is 17.1 Å². The van der Waals surface area contributed by atoms with Gasteiger partial charge in [0.15, 0.2) is 5.78 Å². The van der Waals surface area contributed by atoms with Crippen molar-refractivity contribution in [2.24, 2.45) is 0 Å². The molecule has 0 saturated heterocycles. The number of ketones is 1. The zero-order valence-electron chi connectivity index (χ0n) is 11.9. The van der Waals surface area contributed by atoms with Crippen molar-refractivity contribution in [1.29, 1.82) is 0 Å². The Labute approximate surface area is 115 Å².